The fraction of sp³-hybridized carbons (Fsp3) is 0.435. The van der Waals surface area contributed by atoms with Gasteiger partial charge in [0, 0.05) is 31.2 Å². The Balaban J connectivity index is 1.57. The predicted molar refractivity (Wildman–Crippen MR) is 119 cm³/mol. The minimum Gasteiger partial charge on any atom is -0.370 e. The molecule has 1 N–H and O–H groups in total. The van der Waals surface area contributed by atoms with Crippen LogP contribution in [0, 0.1) is 0 Å². The van der Waals surface area contributed by atoms with Crippen molar-refractivity contribution in [3.05, 3.63) is 54.1 Å². The highest BCUT2D eigenvalue weighted by atomic mass is 32.2. The molecule has 0 radical (unpaired) electrons. The van der Waals surface area contributed by atoms with Gasteiger partial charge < -0.3 is 10.2 Å². The number of carbonyl (C=O) groups excluding carboxylic acids is 1. The maximum absolute atomic E-state index is 13.1. The van der Waals surface area contributed by atoms with Crippen molar-refractivity contribution < 1.29 is 13.2 Å². The molecule has 30 heavy (non-hydrogen) atoms. The van der Waals surface area contributed by atoms with E-state index in [4.69, 9.17) is 0 Å². The van der Waals surface area contributed by atoms with Crippen LogP contribution in [0.25, 0.3) is 0 Å². The Labute approximate surface area is 178 Å². The van der Waals surface area contributed by atoms with Crippen molar-refractivity contribution in [1.82, 2.24) is 4.31 Å². The van der Waals surface area contributed by atoms with Gasteiger partial charge in [-0.15, -0.1) is 0 Å². The lowest BCUT2D eigenvalue weighted by Crippen LogP contribution is -2.41. The van der Waals surface area contributed by atoms with Gasteiger partial charge in [0.1, 0.15) is 0 Å². The molecule has 2 saturated heterocycles. The first-order chi connectivity index (χ1) is 14.5. The van der Waals surface area contributed by atoms with E-state index in [0.29, 0.717) is 12.1 Å². The van der Waals surface area contributed by atoms with Gasteiger partial charge in [-0.2, -0.15) is 4.31 Å². The Hall–Kier alpha value is -2.38. The van der Waals surface area contributed by atoms with E-state index in [0.717, 1.165) is 56.6 Å². The summed E-state index contributed by atoms with van der Waals surface area (Å²) in [5.41, 5.74) is 2.11. The Morgan fingerprint density at radius 3 is 2.47 bits per heavy atom. The van der Waals surface area contributed by atoms with E-state index in [1.54, 1.807) is 22.5 Å². The lowest BCUT2D eigenvalue weighted by molar-refractivity contribution is 0.102. The van der Waals surface area contributed by atoms with Gasteiger partial charge in [0.15, 0.2) is 0 Å². The van der Waals surface area contributed by atoms with Gasteiger partial charge in [0.25, 0.3) is 5.91 Å². The Kier molecular flexibility index (Phi) is 6.11. The van der Waals surface area contributed by atoms with E-state index in [2.05, 4.69) is 10.2 Å². The summed E-state index contributed by atoms with van der Waals surface area (Å²) in [7, 11) is -3.62. The van der Waals surface area contributed by atoms with Crippen LogP contribution in [-0.2, 0) is 10.0 Å². The lowest BCUT2D eigenvalue weighted by atomic mass is 10.1. The minimum atomic E-state index is -3.62. The third kappa shape index (κ3) is 4.23. The summed E-state index contributed by atoms with van der Waals surface area (Å²) in [6, 6.07) is 14.1. The van der Waals surface area contributed by atoms with E-state index in [9.17, 15) is 13.2 Å². The molecule has 1 atom stereocenters. The molecule has 2 aliphatic rings. The average molecular weight is 428 g/mol. The summed E-state index contributed by atoms with van der Waals surface area (Å²) in [6.45, 7) is 4.44. The average Bonchev–Trinajstić information content (AvgIpc) is 3.29. The van der Waals surface area contributed by atoms with Crippen LogP contribution in [0.3, 0.4) is 0 Å². The van der Waals surface area contributed by atoms with Crippen LogP contribution in [0.15, 0.2) is 53.4 Å². The first-order valence-corrected chi connectivity index (χ1v) is 12.2. The van der Waals surface area contributed by atoms with Gasteiger partial charge in [-0.3, -0.25) is 4.79 Å². The third-order valence-corrected chi connectivity index (χ3v) is 8.05. The Bertz CT molecular complexity index is 1020. The number of benzene rings is 2. The van der Waals surface area contributed by atoms with Crippen molar-refractivity contribution in [2.75, 3.05) is 29.9 Å². The second-order valence-electron chi connectivity index (χ2n) is 8.15. The molecule has 0 saturated carbocycles. The fourth-order valence-electron chi connectivity index (χ4n) is 4.37. The van der Waals surface area contributed by atoms with Crippen LogP contribution in [0.5, 0.6) is 0 Å². The highest BCUT2D eigenvalue weighted by Crippen LogP contribution is 2.30. The number of carbonyl (C=O) groups is 1. The zero-order valence-corrected chi connectivity index (χ0v) is 18.2. The molecule has 2 heterocycles. The normalized spacial score (nSPS) is 20.3. The van der Waals surface area contributed by atoms with Gasteiger partial charge in [-0.1, -0.05) is 24.6 Å². The first kappa shape index (κ1) is 20.9. The molecule has 0 aromatic heterocycles. The van der Waals surface area contributed by atoms with E-state index >= 15 is 0 Å². The maximum Gasteiger partial charge on any atom is 0.255 e. The van der Waals surface area contributed by atoms with Crippen LogP contribution in [-0.4, -0.2) is 44.3 Å². The highest BCUT2D eigenvalue weighted by Gasteiger charge is 2.31. The molecular formula is C23H29N3O3S. The second-order valence-corrected chi connectivity index (χ2v) is 10.0. The van der Waals surface area contributed by atoms with Crippen LogP contribution in [0.2, 0.25) is 0 Å². The molecule has 2 fully saturated rings. The molecule has 160 valence electrons. The number of nitrogens with one attached hydrogen (secondary N) is 1. The summed E-state index contributed by atoms with van der Waals surface area (Å²) in [6.07, 6.45) is 5.09. The number of rotatable bonds is 5. The summed E-state index contributed by atoms with van der Waals surface area (Å²) >= 11 is 0. The standard InChI is InChI=1S/C23H29N3O3S/c1-18-9-4-5-16-26(18)30(28,29)20-11-8-10-19(17-20)23(27)24-21-12-2-3-13-22(21)25-14-6-7-15-25/h2-3,8,10-13,17-18H,4-7,9,14-16H2,1H3,(H,24,27). The summed E-state index contributed by atoms with van der Waals surface area (Å²) in [5.74, 6) is -0.301. The Morgan fingerprint density at radius 1 is 0.967 bits per heavy atom. The van der Waals surface area contributed by atoms with E-state index in [1.807, 2.05) is 31.2 Å². The van der Waals surface area contributed by atoms with E-state index in [-0.39, 0.29) is 16.8 Å². The van der Waals surface area contributed by atoms with Crippen molar-refractivity contribution in [1.29, 1.82) is 0 Å². The molecule has 4 rings (SSSR count). The van der Waals surface area contributed by atoms with Crippen molar-refractivity contribution in [3.8, 4) is 0 Å². The number of amides is 1. The third-order valence-electron chi connectivity index (χ3n) is 6.04. The number of anilines is 2. The van der Waals surface area contributed by atoms with Crippen LogP contribution >= 0.6 is 0 Å². The number of hydrogen-bond acceptors (Lipinski definition) is 4. The van der Waals surface area contributed by atoms with Crippen molar-refractivity contribution in [2.45, 2.75) is 50.0 Å². The fourth-order valence-corrected chi connectivity index (χ4v) is 6.12. The number of nitrogens with zero attached hydrogens (tertiary/aromatic N) is 2. The van der Waals surface area contributed by atoms with Crippen molar-refractivity contribution in [2.24, 2.45) is 0 Å². The molecule has 2 aromatic carbocycles. The molecule has 1 unspecified atom stereocenters. The van der Waals surface area contributed by atoms with E-state index < -0.39 is 10.0 Å². The SMILES string of the molecule is CC1CCCCN1S(=O)(=O)c1cccc(C(=O)Nc2ccccc2N2CCCC2)c1. The number of para-hydroxylation sites is 2. The first-order valence-electron chi connectivity index (χ1n) is 10.7. The topological polar surface area (TPSA) is 69.7 Å². The van der Waals surface area contributed by atoms with Gasteiger partial charge in [0.05, 0.1) is 16.3 Å². The van der Waals surface area contributed by atoms with Gasteiger partial charge >= 0.3 is 0 Å². The zero-order chi connectivity index (χ0) is 21.1. The number of sulfonamides is 1. The maximum atomic E-state index is 13.1. The molecular weight excluding hydrogens is 398 g/mol. The van der Waals surface area contributed by atoms with Crippen LogP contribution < -0.4 is 10.2 Å². The Morgan fingerprint density at radius 2 is 1.70 bits per heavy atom. The van der Waals surface area contributed by atoms with Crippen molar-refractivity contribution >= 4 is 27.3 Å². The van der Waals surface area contributed by atoms with Crippen LogP contribution in [0.1, 0.15) is 49.4 Å². The smallest absolute Gasteiger partial charge is 0.255 e. The molecule has 2 aliphatic heterocycles. The largest absolute Gasteiger partial charge is 0.370 e. The van der Waals surface area contributed by atoms with Gasteiger partial charge in [-0.25, -0.2) is 8.42 Å². The molecule has 0 bridgehead atoms. The zero-order valence-electron chi connectivity index (χ0n) is 17.4. The number of hydrogen-bond donors (Lipinski definition) is 1. The lowest BCUT2D eigenvalue weighted by Gasteiger charge is -2.32. The second kappa shape index (κ2) is 8.78. The van der Waals surface area contributed by atoms with Crippen LogP contribution in [0.4, 0.5) is 11.4 Å². The predicted octanol–water partition coefficient (Wildman–Crippen LogP) is 4.10. The van der Waals surface area contributed by atoms with Crippen molar-refractivity contribution in [3.63, 3.8) is 0 Å². The monoisotopic (exact) mass is 427 g/mol. The van der Waals surface area contributed by atoms with E-state index in [1.165, 1.54) is 6.07 Å². The molecule has 0 aliphatic carbocycles. The summed E-state index contributed by atoms with van der Waals surface area (Å²) in [5, 5.41) is 2.98. The van der Waals surface area contributed by atoms with Gasteiger partial charge in [-0.05, 0) is 62.9 Å². The molecule has 6 nitrogen and oxygen atoms in total. The number of piperidine rings is 1. The molecule has 2 aromatic rings. The summed E-state index contributed by atoms with van der Waals surface area (Å²) in [4.78, 5) is 15.4. The molecule has 7 heteroatoms. The minimum absolute atomic E-state index is 0.0198. The summed E-state index contributed by atoms with van der Waals surface area (Å²) < 4.78 is 27.9. The molecule has 0 spiro atoms. The highest BCUT2D eigenvalue weighted by molar-refractivity contribution is 7.89. The molecule has 1 amide bonds. The van der Waals surface area contributed by atoms with Gasteiger partial charge in [0.2, 0.25) is 10.0 Å². The quantitative estimate of drug-likeness (QED) is 0.780.